The molecule has 88 valence electrons. The van der Waals surface area contributed by atoms with Crippen LogP contribution in [-0.2, 0) is 5.54 Å². The Morgan fingerprint density at radius 3 is 2.71 bits per heavy atom. The predicted octanol–water partition coefficient (Wildman–Crippen LogP) is 2.63. The second kappa shape index (κ2) is 2.85. The number of aromatic nitrogens is 1. The Morgan fingerprint density at radius 1 is 1.29 bits per heavy atom. The Morgan fingerprint density at radius 2 is 2.06 bits per heavy atom. The average Bonchev–Trinajstić information content (AvgIpc) is 3.22. The van der Waals surface area contributed by atoms with Gasteiger partial charge in [-0.05, 0) is 43.9 Å². The highest BCUT2D eigenvalue weighted by Gasteiger charge is 2.45. The SMILES string of the molecule is NC1(c2cc3c(O)cccc3n2C2CC2)CC1. The van der Waals surface area contributed by atoms with Gasteiger partial charge >= 0.3 is 0 Å². The van der Waals surface area contributed by atoms with Gasteiger partial charge in [-0.25, -0.2) is 0 Å². The van der Waals surface area contributed by atoms with Crippen molar-refractivity contribution in [1.29, 1.82) is 0 Å². The maximum Gasteiger partial charge on any atom is 0.124 e. The van der Waals surface area contributed by atoms with E-state index in [1.807, 2.05) is 6.07 Å². The Hall–Kier alpha value is -1.48. The molecule has 2 aliphatic rings. The van der Waals surface area contributed by atoms with Crippen LogP contribution in [0.4, 0.5) is 0 Å². The van der Waals surface area contributed by atoms with Crippen molar-refractivity contribution < 1.29 is 5.11 Å². The van der Waals surface area contributed by atoms with Gasteiger partial charge in [0.05, 0.1) is 11.1 Å². The van der Waals surface area contributed by atoms with Gasteiger partial charge in [0.1, 0.15) is 5.75 Å². The summed E-state index contributed by atoms with van der Waals surface area (Å²) in [6, 6.07) is 8.44. The number of nitrogens with two attached hydrogens (primary N) is 1. The molecular weight excluding hydrogens is 212 g/mol. The minimum atomic E-state index is -0.131. The highest BCUT2D eigenvalue weighted by Crippen LogP contribution is 2.49. The molecule has 1 aromatic heterocycles. The van der Waals surface area contributed by atoms with Crippen molar-refractivity contribution in [3.8, 4) is 5.75 Å². The molecule has 1 heterocycles. The first-order valence-electron chi connectivity index (χ1n) is 6.31. The Kier molecular flexibility index (Phi) is 1.60. The second-order valence-electron chi connectivity index (χ2n) is 5.50. The lowest BCUT2D eigenvalue weighted by Gasteiger charge is -2.14. The van der Waals surface area contributed by atoms with Crippen LogP contribution in [0.25, 0.3) is 10.9 Å². The summed E-state index contributed by atoms with van der Waals surface area (Å²) in [7, 11) is 0. The van der Waals surface area contributed by atoms with Crippen molar-refractivity contribution in [2.24, 2.45) is 5.73 Å². The molecule has 4 rings (SSSR count). The zero-order chi connectivity index (χ0) is 11.6. The third-order valence-electron chi connectivity index (χ3n) is 4.07. The Labute approximate surface area is 99.8 Å². The zero-order valence-corrected chi connectivity index (χ0v) is 9.69. The molecule has 0 amide bonds. The fraction of sp³-hybridized carbons (Fsp3) is 0.429. The lowest BCUT2D eigenvalue weighted by molar-refractivity contribution is 0.481. The quantitative estimate of drug-likeness (QED) is 0.830. The summed E-state index contributed by atoms with van der Waals surface area (Å²) >= 11 is 0. The molecule has 2 aromatic rings. The summed E-state index contributed by atoms with van der Waals surface area (Å²) in [6.07, 6.45) is 4.61. The summed E-state index contributed by atoms with van der Waals surface area (Å²) in [5.41, 5.74) is 8.57. The maximum absolute atomic E-state index is 9.94. The summed E-state index contributed by atoms with van der Waals surface area (Å²) < 4.78 is 2.36. The highest BCUT2D eigenvalue weighted by atomic mass is 16.3. The summed E-state index contributed by atoms with van der Waals surface area (Å²) in [5, 5.41) is 10.9. The molecule has 0 spiro atoms. The number of hydrogen-bond donors (Lipinski definition) is 2. The average molecular weight is 228 g/mol. The van der Waals surface area contributed by atoms with Crippen LogP contribution in [0.3, 0.4) is 0 Å². The van der Waals surface area contributed by atoms with Gasteiger partial charge in [-0.3, -0.25) is 0 Å². The molecule has 0 radical (unpaired) electrons. The number of fused-ring (bicyclic) bond motifs is 1. The van der Waals surface area contributed by atoms with E-state index in [0.29, 0.717) is 11.8 Å². The smallest absolute Gasteiger partial charge is 0.124 e. The van der Waals surface area contributed by atoms with Crippen molar-refractivity contribution in [1.82, 2.24) is 4.57 Å². The van der Waals surface area contributed by atoms with Gasteiger partial charge in [0.15, 0.2) is 0 Å². The number of phenolic OH excluding ortho intramolecular Hbond substituents is 1. The number of nitrogens with zero attached hydrogens (tertiary/aromatic N) is 1. The third kappa shape index (κ3) is 1.26. The van der Waals surface area contributed by atoms with Gasteiger partial charge in [0.2, 0.25) is 0 Å². The van der Waals surface area contributed by atoms with E-state index in [1.54, 1.807) is 6.07 Å². The van der Waals surface area contributed by atoms with E-state index in [-0.39, 0.29) is 5.54 Å². The van der Waals surface area contributed by atoms with E-state index in [4.69, 9.17) is 5.73 Å². The van der Waals surface area contributed by atoms with Crippen LogP contribution in [0, 0.1) is 0 Å². The van der Waals surface area contributed by atoms with E-state index < -0.39 is 0 Å². The summed E-state index contributed by atoms with van der Waals surface area (Å²) in [5.74, 6) is 0.368. The minimum absolute atomic E-state index is 0.131. The largest absolute Gasteiger partial charge is 0.507 e. The summed E-state index contributed by atoms with van der Waals surface area (Å²) in [6.45, 7) is 0. The van der Waals surface area contributed by atoms with E-state index in [0.717, 1.165) is 23.7 Å². The van der Waals surface area contributed by atoms with Crippen LogP contribution in [0.2, 0.25) is 0 Å². The van der Waals surface area contributed by atoms with Crippen LogP contribution >= 0.6 is 0 Å². The number of phenols is 1. The minimum Gasteiger partial charge on any atom is -0.507 e. The monoisotopic (exact) mass is 228 g/mol. The predicted molar refractivity (Wildman–Crippen MR) is 67.0 cm³/mol. The molecule has 2 fully saturated rings. The van der Waals surface area contributed by atoms with Crippen LogP contribution in [0.15, 0.2) is 24.3 Å². The molecule has 0 saturated heterocycles. The fourth-order valence-corrected chi connectivity index (χ4v) is 2.74. The number of rotatable bonds is 2. The first kappa shape index (κ1) is 9.54. The van der Waals surface area contributed by atoms with E-state index in [2.05, 4.69) is 16.7 Å². The summed E-state index contributed by atoms with van der Waals surface area (Å²) in [4.78, 5) is 0. The van der Waals surface area contributed by atoms with Crippen LogP contribution in [0.5, 0.6) is 5.75 Å². The molecule has 1 aromatic carbocycles. The fourth-order valence-electron chi connectivity index (χ4n) is 2.74. The lowest BCUT2D eigenvalue weighted by atomic mass is 10.2. The molecule has 3 nitrogen and oxygen atoms in total. The maximum atomic E-state index is 9.94. The molecule has 0 aliphatic heterocycles. The third-order valence-corrected chi connectivity index (χ3v) is 4.07. The van der Waals surface area contributed by atoms with Crippen molar-refractivity contribution in [3.63, 3.8) is 0 Å². The molecular formula is C14H16N2O. The zero-order valence-electron chi connectivity index (χ0n) is 9.69. The standard InChI is InChI=1S/C14H16N2O/c15-14(6-7-14)13-8-10-11(2-1-3-12(10)17)16(13)9-4-5-9/h1-3,8-9,17H,4-7,15H2. The Balaban J connectivity index is 2.05. The molecule has 0 atom stereocenters. The molecule has 0 bridgehead atoms. The number of hydrogen-bond acceptors (Lipinski definition) is 2. The highest BCUT2D eigenvalue weighted by molar-refractivity contribution is 5.88. The second-order valence-corrected chi connectivity index (χ2v) is 5.50. The first-order valence-corrected chi connectivity index (χ1v) is 6.31. The molecule has 2 saturated carbocycles. The van der Waals surface area contributed by atoms with E-state index in [1.165, 1.54) is 18.5 Å². The first-order chi connectivity index (χ1) is 8.19. The lowest BCUT2D eigenvalue weighted by Crippen LogP contribution is -2.22. The van der Waals surface area contributed by atoms with Crippen LogP contribution in [-0.4, -0.2) is 9.67 Å². The van der Waals surface area contributed by atoms with E-state index in [9.17, 15) is 5.11 Å². The van der Waals surface area contributed by atoms with Gasteiger partial charge in [-0.2, -0.15) is 0 Å². The van der Waals surface area contributed by atoms with Gasteiger partial charge in [-0.15, -0.1) is 0 Å². The van der Waals surface area contributed by atoms with Crippen LogP contribution in [0.1, 0.15) is 37.4 Å². The molecule has 2 aliphatic carbocycles. The van der Waals surface area contributed by atoms with Crippen molar-refractivity contribution >= 4 is 10.9 Å². The van der Waals surface area contributed by atoms with Crippen molar-refractivity contribution in [2.45, 2.75) is 37.3 Å². The molecule has 3 N–H and O–H groups in total. The van der Waals surface area contributed by atoms with Gasteiger partial charge in [-0.1, -0.05) is 6.07 Å². The topological polar surface area (TPSA) is 51.2 Å². The molecule has 3 heteroatoms. The molecule has 0 unspecified atom stereocenters. The van der Waals surface area contributed by atoms with Gasteiger partial charge in [0.25, 0.3) is 0 Å². The molecule has 17 heavy (non-hydrogen) atoms. The number of benzene rings is 1. The van der Waals surface area contributed by atoms with Gasteiger partial charge in [0, 0.05) is 17.1 Å². The van der Waals surface area contributed by atoms with Gasteiger partial charge < -0.3 is 15.4 Å². The van der Waals surface area contributed by atoms with Crippen molar-refractivity contribution in [3.05, 3.63) is 30.0 Å². The van der Waals surface area contributed by atoms with Crippen LogP contribution < -0.4 is 5.73 Å². The van der Waals surface area contributed by atoms with Crippen molar-refractivity contribution in [2.75, 3.05) is 0 Å². The Bertz CT molecular complexity index is 606. The normalized spacial score (nSPS) is 21.9. The number of aromatic hydroxyl groups is 1. The van der Waals surface area contributed by atoms with E-state index >= 15 is 0 Å².